The second-order valence-electron chi connectivity index (χ2n) is 20.1. The zero-order valence-corrected chi connectivity index (χ0v) is 42.4. The molecule has 4 aromatic heterocycles. The van der Waals surface area contributed by atoms with Crippen LogP contribution in [-0.4, -0.2) is 28.7 Å². The molecule has 0 atom stereocenters. The summed E-state index contributed by atoms with van der Waals surface area (Å²) in [7, 11) is 0. The lowest BCUT2D eigenvalue weighted by molar-refractivity contribution is 1.07. The molecule has 15 aromatic rings. The van der Waals surface area contributed by atoms with Gasteiger partial charge in [-0.3, -0.25) is 0 Å². The molecule has 0 saturated heterocycles. The molecule has 77 heavy (non-hydrogen) atoms. The van der Waals surface area contributed by atoms with E-state index in [1.165, 1.54) is 43.4 Å². The lowest BCUT2D eigenvalue weighted by Gasteiger charge is -2.24. The van der Waals surface area contributed by atoms with Gasteiger partial charge >= 0.3 is 0 Å². The topological polar surface area (TPSA) is 53.5 Å². The molecule has 4 heterocycles. The van der Waals surface area contributed by atoms with Gasteiger partial charge in [-0.05, 0) is 86.6 Å². The molecular weight excluding hydrogens is 937 g/mol. The van der Waals surface area contributed by atoms with Crippen molar-refractivity contribution in [2.75, 3.05) is 0 Å². The lowest BCUT2D eigenvalue weighted by atomic mass is 9.90. The lowest BCUT2D eigenvalue weighted by Crippen LogP contribution is -2.07. The quantitative estimate of drug-likeness (QED) is 0.152. The summed E-state index contributed by atoms with van der Waals surface area (Å²) in [5, 5.41) is 7.21. The van der Waals surface area contributed by atoms with E-state index in [1.807, 2.05) is 36.4 Å². The Balaban J connectivity index is 1.14. The number of hydrogen-bond acceptors (Lipinski definition) is 3. The molecular formula is C71H48N6. The van der Waals surface area contributed by atoms with E-state index in [-0.39, 0.29) is 0 Å². The number of hydrogen-bond donors (Lipinski definition) is 0. The van der Waals surface area contributed by atoms with Gasteiger partial charge in [0, 0.05) is 71.3 Å². The molecule has 0 aliphatic rings. The van der Waals surface area contributed by atoms with Gasteiger partial charge in [0.15, 0.2) is 17.5 Å². The summed E-state index contributed by atoms with van der Waals surface area (Å²) in [5.74, 6) is 1.78. The fourth-order valence-electron chi connectivity index (χ4n) is 12.0. The third kappa shape index (κ3) is 7.14. The van der Waals surface area contributed by atoms with Crippen LogP contribution in [0.25, 0.3) is 139 Å². The van der Waals surface area contributed by atoms with E-state index in [1.54, 1.807) is 0 Å². The van der Waals surface area contributed by atoms with Crippen LogP contribution in [0.2, 0.25) is 0 Å². The van der Waals surface area contributed by atoms with E-state index in [4.69, 9.17) is 15.0 Å². The van der Waals surface area contributed by atoms with Crippen LogP contribution in [0.1, 0.15) is 11.1 Å². The van der Waals surface area contributed by atoms with Crippen molar-refractivity contribution in [3.05, 3.63) is 266 Å². The summed E-state index contributed by atoms with van der Waals surface area (Å²) < 4.78 is 7.43. The number of nitrogens with zero attached hydrogens (tertiary/aromatic N) is 6. The molecule has 0 spiro atoms. The Morgan fingerprint density at radius 3 is 0.974 bits per heavy atom. The highest BCUT2D eigenvalue weighted by Gasteiger charge is 2.27. The summed E-state index contributed by atoms with van der Waals surface area (Å²) in [4.78, 5) is 16.1. The summed E-state index contributed by atoms with van der Waals surface area (Å²) in [5.41, 5.74) is 19.2. The Labute approximate surface area is 445 Å². The summed E-state index contributed by atoms with van der Waals surface area (Å²) in [6, 6.07) is 91.9. The first-order chi connectivity index (χ1) is 38.0. The first-order valence-corrected chi connectivity index (χ1v) is 26.3. The molecule has 0 unspecified atom stereocenters. The zero-order chi connectivity index (χ0) is 51.1. The monoisotopic (exact) mass is 984 g/mol. The van der Waals surface area contributed by atoms with Crippen LogP contribution in [0, 0.1) is 13.8 Å². The van der Waals surface area contributed by atoms with Gasteiger partial charge in [-0.25, -0.2) is 15.0 Å². The Kier molecular flexibility index (Phi) is 10.2. The molecule has 0 N–H and O–H groups in total. The molecule has 0 saturated carbocycles. The summed E-state index contributed by atoms with van der Waals surface area (Å²) in [6.45, 7) is 4.38. The van der Waals surface area contributed by atoms with E-state index in [0.29, 0.717) is 17.5 Å². The van der Waals surface area contributed by atoms with Crippen molar-refractivity contribution < 1.29 is 0 Å². The standard InChI is InChI=1S/C71H48N6/c1-45-37-39-66-56(41-45)57-42-46(2)38-40-67(57)77(66)68-58(54-29-13-19-35-64(54)75-60-31-15-9-25-50(60)51-26-10-16-32-61(51)75)43-49(71-73-69(47-21-5-3-6-22-47)72-70(74-71)48-23-7-4-8-24-48)44-59(68)55-30-14-20-36-65(55)76-62-33-17-11-27-52(62)53-28-12-18-34-63(53)76/h3-44H,1-2H3. The number of aromatic nitrogens is 6. The van der Waals surface area contributed by atoms with Crippen LogP contribution in [0.5, 0.6) is 0 Å². The molecule has 6 heteroatoms. The van der Waals surface area contributed by atoms with Crippen LogP contribution in [0.15, 0.2) is 255 Å². The zero-order valence-electron chi connectivity index (χ0n) is 42.4. The summed E-state index contributed by atoms with van der Waals surface area (Å²) >= 11 is 0. The van der Waals surface area contributed by atoms with Crippen molar-refractivity contribution in [1.82, 2.24) is 28.7 Å². The van der Waals surface area contributed by atoms with Crippen LogP contribution in [0.3, 0.4) is 0 Å². The molecule has 0 amide bonds. The predicted molar refractivity (Wildman–Crippen MR) is 319 cm³/mol. The Morgan fingerprint density at radius 1 is 0.247 bits per heavy atom. The van der Waals surface area contributed by atoms with Gasteiger partial charge in [-0.1, -0.05) is 193 Å². The Morgan fingerprint density at radius 2 is 0.571 bits per heavy atom. The van der Waals surface area contributed by atoms with Crippen molar-refractivity contribution in [1.29, 1.82) is 0 Å². The van der Waals surface area contributed by atoms with E-state index >= 15 is 0 Å². The minimum Gasteiger partial charge on any atom is -0.309 e. The number of rotatable bonds is 8. The molecule has 0 aliphatic carbocycles. The van der Waals surface area contributed by atoms with Gasteiger partial charge in [-0.2, -0.15) is 0 Å². The first-order valence-electron chi connectivity index (χ1n) is 26.3. The highest BCUT2D eigenvalue weighted by atomic mass is 15.0. The number of fused-ring (bicyclic) bond motifs is 9. The SMILES string of the molecule is Cc1ccc2c(c1)c1cc(C)ccc1n2-c1c(-c2ccccc2-n2c3ccccc3c3ccccc32)cc(-c2nc(-c3ccccc3)nc(-c3ccccc3)n2)cc1-c1ccccc1-n1c2ccccc2c2ccccc21. The molecule has 15 rings (SSSR count). The minimum absolute atomic E-state index is 0.573. The molecule has 0 bridgehead atoms. The average Bonchev–Trinajstić information content (AvgIpc) is 4.23. The summed E-state index contributed by atoms with van der Waals surface area (Å²) in [6.07, 6.45) is 0. The molecule has 11 aromatic carbocycles. The van der Waals surface area contributed by atoms with Gasteiger partial charge in [0.2, 0.25) is 0 Å². The van der Waals surface area contributed by atoms with Crippen molar-refractivity contribution in [2.24, 2.45) is 0 Å². The maximum atomic E-state index is 5.45. The van der Waals surface area contributed by atoms with Gasteiger partial charge in [-0.15, -0.1) is 0 Å². The van der Waals surface area contributed by atoms with Crippen molar-refractivity contribution in [3.63, 3.8) is 0 Å². The van der Waals surface area contributed by atoms with Crippen molar-refractivity contribution >= 4 is 65.4 Å². The number of aryl methyl sites for hydroxylation is 2. The van der Waals surface area contributed by atoms with Crippen LogP contribution in [0.4, 0.5) is 0 Å². The largest absolute Gasteiger partial charge is 0.309 e. The first kappa shape index (κ1) is 44.3. The van der Waals surface area contributed by atoms with Crippen LogP contribution >= 0.6 is 0 Å². The van der Waals surface area contributed by atoms with Gasteiger partial charge in [0.1, 0.15) is 0 Å². The van der Waals surface area contributed by atoms with E-state index < -0.39 is 0 Å². The Hall–Kier alpha value is -10.2. The number of benzene rings is 11. The maximum Gasteiger partial charge on any atom is 0.164 e. The highest BCUT2D eigenvalue weighted by molar-refractivity contribution is 6.14. The molecule has 0 aliphatic heterocycles. The van der Waals surface area contributed by atoms with Crippen LogP contribution in [-0.2, 0) is 0 Å². The fourth-order valence-corrected chi connectivity index (χ4v) is 12.0. The van der Waals surface area contributed by atoms with Gasteiger partial charge < -0.3 is 13.7 Å². The maximum absolute atomic E-state index is 5.45. The third-order valence-corrected chi connectivity index (χ3v) is 15.4. The fraction of sp³-hybridized carbons (Fsp3) is 0.0282. The van der Waals surface area contributed by atoms with Gasteiger partial charge in [0.25, 0.3) is 0 Å². The minimum atomic E-state index is 0.573. The normalized spacial score (nSPS) is 11.8. The van der Waals surface area contributed by atoms with E-state index in [2.05, 4.69) is 246 Å². The molecule has 362 valence electrons. The molecule has 0 fully saturated rings. The van der Waals surface area contributed by atoms with E-state index in [9.17, 15) is 0 Å². The van der Waals surface area contributed by atoms with Crippen molar-refractivity contribution in [3.8, 4) is 73.5 Å². The number of para-hydroxylation sites is 6. The third-order valence-electron chi connectivity index (χ3n) is 15.4. The predicted octanol–water partition coefficient (Wildman–Crippen LogP) is 18.1. The second-order valence-corrected chi connectivity index (χ2v) is 20.1. The highest BCUT2D eigenvalue weighted by Crippen LogP contribution is 2.48. The van der Waals surface area contributed by atoms with Gasteiger partial charge in [0.05, 0.1) is 50.2 Å². The molecule has 6 nitrogen and oxygen atoms in total. The average molecular weight is 985 g/mol. The van der Waals surface area contributed by atoms with Crippen LogP contribution < -0.4 is 0 Å². The smallest absolute Gasteiger partial charge is 0.164 e. The van der Waals surface area contributed by atoms with Crippen molar-refractivity contribution in [2.45, 2.75) is 13.8 Å². The Bertz CT molecular complexity index is 4430. The van der Waals surface area contributed by atoms with E-state index in [0.717, 1.165) is 89.1 Å². The molecule has 0 radical (unpaired) electrons. The second kappa shape index (κ2) is 17.8.